The lowest BCUT2D eigenvalue weighted by Gasteiger charge is -2.26. The summed E-state index contributed by atoms with van der Waals surface area (Å²) in [7, 11) is 3.21. The summed E-state index contributed by atoms with van der Waals surface area (Å²) in [6.45, 7) is 5.87. The van der Waals surface area contributed by atoms with Crippen molar-refractivity contribution in [2.75, 3.05) is 19.5 Å². The molecule has 0 heterocycles. The lowest BCUT2D eigenvalue weighted by molar-refractivity contribution is -0.136. The molecule has 1 aromatic carbocycles. The number of hydrogen-bond acceptors (Lipinski definition) is 3. The van der Waals surface area contributed by atoms with E-state index in [0.717, 1.165) is 29.8 Å². The Morgan fingerprint density at radius 2 is 2.05 bits per heavy atom. The molecule has 0 radical (unpaired) electrons. The molecule has 0 fully saturated rings. The first-order valence-electron chi connectivity index (χ1n) is 6.98. The molecule has 0 aromatic heterocycles. The van der Waals surface area contributed by atoms with Crippen molar-refractivity contribution in [1.82, 2.24) is 0 Å². The van der Waals surface area contributed by atoms with E-state index in [1.807, 2.05) is 32.0 Å². The van der Waals surface area contributed by atoms with Gasteiger partial charge < -0.3 is 14.8 Å². The molecule has 1 aromatic rings. The number of ether oxygens (including phenoxy) is 2. The average molecular weight is 279 g/mol. The van der Waals surface area contributed by atoms with Crippen molar-refractivity contribution in [3.05, 3.63) is 23.8 Å². The highest BCUT2D eigenvalue weighted by molar-refractivity contribution is 5.97. The average Bonchev–Trinajstić information content (AvgIpc) is 2.44. The number of aryl methyl sites for hydroxylation is 1. The summed E-state index contributed by atoms with van der Waals surface area (Å²) in [5, 5.41) is 2.91. The Morgan fingerprint density at radius 3 is 2.55 bits per heavy atom. The number of nitrogens with one attached hydrogen (secondary N) is 1. The van der Waals surface area contributed by atoms with Crippen molar-refractivity contribution in [2.24, 2.45) is 0 Å². The van der Waals surface area contributed by atoms with Gasteiger partial charge in [0.05, 0.1) is 7.11 Å². The fourth-order valence-electron chi connectivity index (χ4n) is 2.04. The number of methoxy groups -OCH3 is 2. The molecule has 4 heteroatoms. The van der Waals surface area contributed by atoms with Gasteiger partial charge in [-0.3, -0.25) is 4.79 Å². The zero-order valence-electron chi connectivity index (χ0n) is 13.1. The zero-order chi connectivity index (χ0) is 15.2. The highest BCUT2D eigenvalue weighted by atomic mass is 16.5. The van der Waals surface area contributed by atoms with Crippen LogP contribution in [0.15, 0.2) is 18.2 Å². The third-order valence-electron chi connectivity index (χ3n) is 3.59. The number of carbonyl (C=O) groups is 1. The van der Waals surface area contributed by atoms with E-state index in [9.17, 15) is 4.79 Å². The molecule has 0 aliphatic carbocycles. The van der Waals surface area contributed by atoms with Crippen LogP contribution in [0.2, 0.25) is 0 Å². The van der Waals surface area contributed by atoms with Crippen LogP contribution in [0.25, 0.3) is 0 Å². The molecule has 0 spiro atoms. The Hall–Kier alpha value is -1.55. The van der Waals surface area contributed by atoms with Crippen LogP contribution >= 0.6 is 0 Å². The lowest BCUT2D eigenvalue weighted by Crippen LogP contribution is -2.41. The van der Waals surface area contributed by atoms with Gasteiger partial charge in [0.15, 0.2) is 0 Å². The third-order valence-corrected chi connectivity index (χ3v) is 3.59. The van der Waals surface area contributed by atoms with E-state index in [4.69, 9.17) is 9.47 Å². The van der Waals surface area contributed by atoms with Gasteiger partial charge in [-0.1, -0.05) is 19.8 Å². The minimum atomic E-state index is -0.788. The summed E-state index contributed by atoms with van der Waals surface area (Å²) in [5.41, 5.74) is 0.954. The summed E-state index contributed by atoms with van der Waals surface area (Å²) in [4.78, 5) is 12.4. The number of carbonyl (C=O) groups excluding carboxylic acids is 1. The van der Waals surface area contributed by atoms with Crippen LogP contribution in [0.1, 0.15) is 38.7 Å². The molecule has 1 N–H and O–H groups in total. The number of benzene rings is 1. The third kappa shape index (κ3) is 3.97. The molecule has 4 nitrogen and oxygen atoms in total. The van der Waals surface area contributed by atoms with Crippen LogP contribution in [0.3, 0.4) is 0 Å². The summed E-state index contributed by atoms with van der Waals surface area (Å²) >= 11 is 0. The summed E-state index contributed by atoms with van der Waals surface area (Å²) in [5.74, 6) is 0.696. The number of anilines is 1. The van der Waals surface area contributed by atoms with E-state index < -0.39 is 5.60 Å². The fourth-order valence-corrected chi connectivity index (χ4v) is 2.04. The van der Waals surface area contributed by atoms with E-state index in [0.29, 0.717) is 6.42 Å². The smallest absolute Gasteiger partial charge is 0.256 e. The monoisotopic (exact) mass is 279 g/mol. The first-order chi connectivity index (χ1) is 9.46. The quantitative estimate of drug-likeness (QED) is 0.830. The summed E-state index contributed by atoms with van der Waals surface area (Å²) in [6, 6.07) is 5.58. The molecule has 0 bridgehead atoms. The highest BCUT2D eigenvalue weighted by Crippen LogP contribution is 2.24. The van der Waals surface area contributed by atoms with Crippen LogP contribution in [-0.4, -0.2) is 25.7 Å². The minimum Gasteiger partial charge on any atom is -0.496 e. The van der Waals surface area contributed by atoms with Crippen molar-refractivity contribution in [1.29, 1.82) is 0 Å². The van der Waals surface area contributed by atoms with Gasteiger partial charge in [0.2, 0.25) is 0 Å². The van der Waals surface area contributed by atoms with Crippen molar-refractivity contribution >= 4 is 11.6 Å². The van der Waals surface area contributed by atoms with Gasteiger partial charge in [0.25, 0.3) is 5.91 Å². The van der Waals surface area contributed by atoms with Crippen molar-refractivity contribution in [3.8, 4) is 5.75 Å². The minimum absolute atomic E-state index is 0.113. The zero-order valence-corrected chi connectivity index (χ0v) is 13.1. The second kappa shape index (κ2) is 7.29. The van der Waals surface area contributed by atoms with E-state index >= 15 is 0 Å². The summed E-state index contributed by atoms with van der Waals surface area (Å²) in [6.07, 6.45) is 2.70. The molecule has 0 saturated carbocycles. The fraction of sp³-hybridized carbons (Fsp3) is 0.562. The predicted octanol–water partition coefficient (Wildman–Crippen LogP) is 3.54. The molecular formula is C16H25NO3. The maximum atomic E-state index is 12.4. The number of rotatable bonds is 7. The summed E-state index contributed by atoms with van der Waals surface area (Å²) < 4.78 is 10.6. The number of unbranched alkanes of at least 4 members (excludes halogenated alkanes) is 1. The van der Waals surface area contributed by atoms with Crippen molar-refractivity contribution in [3.63, 3.8) is 0 Å². The first kappa shape index (κ1) is 16.5. The molecule has 1 amide bonds. The van der Waals surface area contributed by atoms with Gasteiger partial charge in [-0.15, -0.1) is 0 Å². The van der Waals surface area contributed by atoms with Crippen LogP contribution in [0.4, 0.5) is 5.69 Å². The number of amides is 1. The Morgan fingerprint density at radius 1 is 1.35 bits per heavy atom. The Balaban J connectivity index is 2.80. The van der Waals surface area contributed by atoms with Gasteiger partial charge in [0, 0.05) is 12.8 Å². The van der Waals surface area contributed by atoms with Crippen LogP contribution in [0, 0.1) is 6.92 Å². The normalized spacial score (nSPS) is 13.7. The predicted molar refractivity (Wildman–Crippen MR) is 81.3 cm³/mol. The topological polar surface area (TPSA) is 47.6 Å². The number of hydrogen-bond donors (Lipinski definition) is 1. The van der Waals surface area contributed by atoms with Crippen LogP contribution < -0.4 is 10.1 Å². The van der Waals surface area contributed by atoms with Crippen molar-refractivity contribution < 1.29 is 14.3 Å². The van der Waals surface area contributed by atoms with Crippen LogP contribution in [-0.2, 0) is 9.53 Å². The van der Waals surface area contributed by atoms with E-state index in [1.54, 1.807) is 14.2 Å². The molecule has 1 rings (SSSR count). The second-order valence-electron chi connectivity index (χ2n) is 5.18. The molecule has 0 saturated heterocycles. The van der Waals surface area contributed by atoms with E-state index in [-0.39, 0.29) is 5.91 Å². The standard InChI is InChI=1S/C16H25NO3/c1-6-7-10-16(3,20-5)15(18)17-13-8-9-14(19-4)12(2)11-13/h8-9,11H,6-7,10H2,1-5H3,(H,17,18). The molecule has 20 heavy (non-hydrogen) atoms. The van der Waals surface area contributed by atoms with Gasteiger partial charge in [-0.05, 0) is 44.0 Å². The molecular weight excluding hydrogens is 254 g/mol. The maximum Gasteiger partial charge on any atom is 0.256 e. The highest BCUT2D eigenvalue weighted by Gasteiger charge is 2.32. The second-order valence-corrected chi connectivity index (χ2v) is 5.18. The molecule has 0 aliphatic rings. The first-order valence-corrected chi connectivity index (χ1v) is 6.98. The van der Waals surface area contributed by atoms with Gasteiger partial charge in [0.1, 0.15) is 11.4 Å². The van der Waals surface area contributed by atoms with Gasteiger partial charge >= 0.3 is 0 Å². The maximum absolute atomic E-state index is 12.4. The molecule has 1 unspecified atom stereocenters. The van der Waals surface area contributed by atoms with E-state index in [1.165, 1.54) is 0 Å². The Kier molecular flexibility index (Phi) is 6.02. The molecule has 112 valence electrons. The Labute approximate surface area is 121 Å². The molecule has 0 aliphatic heterocycles. The lowest BCUT2D eigenvalue weighted by atomic mass is 9.97. The van der Waals surface area contributed by atoms with E-state index in [2.05, 4.69) is 12.2 Å². The van der Waals surface area contributed by atoms with Gasteiger partial charge in [-0.2, -0.15) is 0 Å². The van der Waals surface area contributed by atoms with Crippen LogP contribution in [0.5, 0.6) is 5.75 Å². The van der Waals surface area contributed by atoms with Gasteiger partial charge in [-0.25, -0.2) is 0 Å². The Bertz CT molecular complexity index is 459. The van der Waals surface area contributed by atoms with Crippen molar-refractivity contribution in [2.45, 2.75) is 45.6 Å². The molecule has 1 atom stereocenters. The SMILES string of the molecule is CCCCC(C)(OC)C(=O)Nc1ccc(OC)c(C)c1. The largest absolute Gasteiger partial charge is 0.496 e.